The van der Waals surface area contributed by atoms with Gasteiger partial charge < -0.3 is 5.73 Å². The first kappa shape index (κ1) is 9.68. The molecular weight excluding hydrogens is 221 g/mol. The Morgan fingerprint density at radius 2 is 2.17 bits per heavy atom. The van der Waals surface area contributed by atoms with Crippen molar-refractivity contribution in [1.82, 2.24) is 0 Å². The summed E-state index contributed by atoms with van der Waals surface area (Å²) in [6.45, 7) is 2.41. The maximum absolute atomic E-state index is 13.1. The molecule has 0 aliphatic carbocycles. The van der Waals surface area contributed by atoms with Crippen molar-refractivity contribution in [3.63, 3.8) is 0 Å². The molecule has 0 aliphatic heterocycles. The summed E-state index contributed by atoms with van der Waals surface area (Å²) in [6.07, 6.45) is 0.708. The van der Waals surface area contributed by atoms with E-state index in [0.29, 0.717) is 17.4 Å². The molecule has 0 fully saturated rings. The fraction of sp³-hybridized carbons (Fsp3) is 0.333. The average molecular weight is 232 g/mol. The van der Waals surface area contributed by atoms with Crippen molar-refractivity contribution in [1.29, 1.82) is 0 Å². The van der Waals surface area contributed by atoms with Crippen LogP contribution in [0.5, 0.6) is 0 Å². The molecule has 0 aliphatic rings. The molecular formula is C9H11BrFN. The quantitative estimate of drug-likeness (QED) is 0.832. The Balaban J connectivity index is 3.09. The Labute approximate surface area is 79.9 Å². The normalized spacial score (nSPS) is 10.3. The molecule has 0 heterocycles. The molecule has 0 saturated heterocycles. The number of hydrogen-bond donors (Lipinski definition) is 1. The SMILES string of the molecule is Cc1cc(F)c(Br)c(CCN)c1. The van der Waals surface area contributed by atoms with Crippen molar-refractivity contribution in [2.45, 2.75) is 13.3 Å². The second kappa shape index (κ2) is 4.01. The van der Waals surface area contributed by atoms with Crippen LogP contribution in [0.3, 0.4) is 0 Å². The number of aryl methyl sites for hydroxylation is 1. The summed E-state index contributed by atoms with van der Waals surface area (Å²) in [5.74, 6) is -0.210. The van der Waals surface area contributed by atoms with Crippen LogP contribution < -0.4 is 5.73 Å². The van der Waals surface area contributed by atoms with E-state index in [2.05, 4.69) is 15.9 Å². The summed E-state index contributed by atoms with van der Waals surface area (Å²) in [7, 11) is 0. The minimum Gasteiger partial charge on any atom is -0.330 e. The van der Waals surface area contributed by atoms with E-state index in [0.717, 1.165) is 11.1 Å². The van der Waals surface area contributed by atoms with Crippen molar-refractivity contribution in [2.24, 2.45) is 5.73 Å². The van der Waals surface area contributed by atoms with E-state index in [1.807, 2.05) is 13.0 Å². The Morgan fingerprint density at radius 3 is 2.75 bits per heavy atom. The van der Waals surface area contributed by atoms with E-state index < -0.39 is 0 Å². The van der Waals surface area contributed by atoms with Gasteiger partial charge in [-0.25, -0.2) is 4.39 Å². The van der Waals surface area contributed by atoms with E-state index >= 15 is 0 Å². The molecule has 12 heavy (non-hydrogen) atoms. The summed E-state index contributed by atoms with van der Waals surface area (Å²) < 4.78 is 13.6. The molecule has 1 aromatic carbocycles. The third-order valence-electron chi connectivity index (χ3n) is 1.66. The van der Waals surface area contributed by atoms with Crippen LogP contribution in [-0.2, 0) is 6.42 Å². The lowest BCUT2D eigenvalue weighted by Gasteiger charge is -2.05. The number of halogens is 2. The first-order chi connectivity index (χ1) is 5.65. The highest BCUT2D eigenvalue weighted by Crippen LogP contribution is 2.22. The Bertz CT molecular complexity index is 286. The minimum atomic E-state index is -0.210. The smallest absolute Gasteiger partial charge is 0.137 e. The molecule has 0 radical (unpaired) electrons. The molecule has 0 unspecified atom stereocenters. The molecule has 0 bridgehead atoms. The lowest BCUT2D eigenvalue weighted by Crippen LogP contribution is -2.04. The van der Waals surface area contributed by atoms with Crippen LogP contribution in [0, 0.1) is 12.7 Å². The number of rotatable bonds is 2. The van der Waals surface area contributed by atoms with Gasteiger partial charge in [0.1, 0.15) is 5.82 Å². The van der Waals surface area contributed by atoms with E-state index in [1.165, 1.54) is 6.07 Å². The van der Waals surface area contributed by atoms with Crippen molar-refractivity contribution >= 4 is 15.9 Å². The molecule has 1 rings (SSSR count). The van der Waals surface area contributed by atoms with Gasteiger partial charge in [0.25, 0.3) is 0 Å². The third-order valence-corrected chi connectivity index (χ3v) is 2.55. The lowest BCUT2D eigenvalue weighted by atomic mass is 10.1. The molecule has 0 saturated carbocycles. The van der Waals surface area contributed by atoms with Crippen LogP contribution in [0.1, 0.15) is 11.1 Å². The van der Waals surface area contributed by atoms with Crippen LogP contribution in [-0.4, -0.2) is 6.54 Å². The van der Waals surface area contributed by atoms with Crippen LogP contribution >= 0.6 is 15.9 Å². The maximum Gasteiger partial charge on any atom is 0.137 e. The van der Waals surface area contributed by atoms with Crippen LogP contribution in [0.25, 0.3) is 0 Å². The molecule has 0 aromatic heterocycles. The van der Waals surface area contributed by atoms with Gasteiger partial charge in [0, 0.05) is 0 Å². The van der Waals surface area contributed by atoms with Crippen molar-refractivity contribution < 1.29 is 4.39 Å². The lowest BCUT2D eigenvalue weighted by molar-refractivity contribution is 0.616. The topological polar surface area (TPSA) is 26.0 Å². The highest BCUT2D eigenvalue weighted by Gasteiger charge is 2.05. The van der Waals surface area contributed by atoms with Crippen molar-refractivity contribution in [3.8, 4) is 0 Å². The number of benzene rings is 1. The fourth-order valence-electron chi connectivity index (χ4n) is 1.13. The second-order valence-corrected chi connectivity index (χ2v) is 3.55. The third kappa shape index (κ3) is 2.05. The maximum atomic E-state index is 13.1. The van der Waals surface area contributed by atoms with E-state index in [4.69, 9.17) is 5.73 Å². The zero-order valence-corrected chi connectivity index (χ0v) is 8.49. The molecule has 2 N–H and O–H groups in total. The molecule has 3 heteroatoms. The van der Waals surface area contributed by atoms with Crippen LogP contribution in [0.2, 0.25) is 0 Å². The van der Waals surface area contributed by atoms with Gasteiger partial charge in [-0.05, 0) is 53.0 Å². The summed E-state index contributed by atoms with van der Waals surface area (Å²) >= 11 is 3.18. The fourth-order valence-corrected chi connectivity index (χ4v) is 1.56. The van der Waals surface area contributed by atoms with Gasteiger partial charge >= 0.3 is 0 Å². The first-order valence-corrected chi connectivity index (χ1v) is 4.59. The molecule has 1 nitrogen and oxygen atoms in total. The zero-order chi connectivity index (χ0) is 9.14. The van der Waals surface area contributed by atoms with Gasteiger partial charge in [-0.3, -0.25) is 0 Å². The standard InChI is InChI=1S/C9H11BrFN/c1-6-4-7(2-3-12)9(10)8(11)5-6/h4-5H,2-3,12H2,1H3. The predicted molar refractivity (Wildman–Crippen MR) is 51.6 cm³/mol. The van der Waals surface area contributed by atoms with Gasteiger partial charge in [-0.2, -0.15) is 0 Å². The van der Waals surface area contributed by atoms with Gasteiger partial charge in [-0.15, -0.1) is 0 Å². The number of hydrogen-bond acceptors (Lipinski definition) is 1. The Morgan fingerprint density at radius 1 is 1.50 bits per heavy atom. The largest absolute Gasteiger partial charge is 0.330 e. The summed E-state index contributed by atoms with van der Waals surface area (Å²) in [5.41, 5.74) is 7.26. The minimum absolute atomic E-state index is 0.210. The van der Waals surface area contributed by atoms with Crippen molar-refractivity contribution in [2.75, 3.05) is 6.54 Å². The summed E-state index contributed by atoms with van der Waals surface area (Å²) in [5, 5.41) is 0. The Kier molecular flexibility index (Phi) is 3.23. The molecule has 1 aromatic rings. The molecule has 66 valence electrons. The zero-order valence-electron chi connectivity index (χ0n) is 6.90. The predicted octanol–water partition coefficient (Wildman–Crippen LogP) is 2.40. The van der Waals surface area contributed by atoms with Crippen molar-refractivity contribution in [3.05, 3.63) is 33.5 Å². The van der Waals surface area contributed by atoms with Crippen LogP contribution in [0.15, 0.2) is 16.6 Å². The number of nitrogens with two attached hydrogens (primary N) is 1. The van der Waals surface area contributed by atoms with Gasteiger partial charge in [0.2, 0.25) is 0 Å². The van der Waals surface area contributed by atoms with Crippen LogP contribution in [0.4, 0.5) is 4.39 Å². The molecule has 0 atom stereocenters. The second-order valence-electron chi connectivity index (χ2n) is 2.76. The highest BCUT2D eigenvalue weighted by atomic mass is 79.9. The van der Waals surface area contributed by atoms with Gasteiger partial charge in [-0.1, -0.05) is 6.07 Å². The van der Waals surface area contributed by atoms with E-state index in [-0.39, 0.29) is 5.82 Å². The monoisotopic (exact) mass is 231 g/mol. The summed E-state index contributed by atoms with van der Waals surface area (Å²) in [6, 6.07) is 3.45. The average Bonchev–Trinajstić information content (AvgIpc) is 2.00. The van der Waals surface area contributed by atoms with Gasteiger partial charge in [0.15, 0.2) is 0 Å². The molecule has 0 amide bonds. The van der Waals surface area contributed by atoms with E-state index in [9.17, 15) is 4.39 Å². The van der Waals surface area contributed by atoms with Gasteiger partial charge in [0.05, 0.1) is 4.47 Å². The Hall–Kier alpha value is -0.410. The van der Waals surface area contributed by atoms with E-state index in [1.54, 1.807) is 0 Å². The summed E-state index contributed by atoms with van der Waals surface area (Å²) in [4.78, 5) is 0. The highest BCUT2D eigenvalue weighted by molar-refractivity contribution is 9.10. The molecule has 0 spiro atoms. The first-order valence-electron chi connectivity index (χ1n) is 3.79.